The van der Waals surface area contributed by atoms with Crippen molar-refractivity contribution in [3.8, 4) is 11.3 Å². The summed E-state index contributed by atoms with van der Waals surface area (Å²) in [6.45, 7) is 2.47. The fraction of sp³-hybridized carbons (Fsp3) is 0.200. The number of carbonyl (C=O) groups is 1. The van der Waals surface area contributed by atoms with Gasteiger partial charge in [-0.25, -0.2) is 4.98 Å². The highest BCUT2D eigenvalue weighted by Crippen LogP contribution is 2.29. The minimum atomic E-state index is -0.278. The molecule has 3 aromatic rings. The lowest BCUT2D eigenvalue weighted by Gasteiger charge is -2.10. The van der Waals surface area contributed by atoms with Crippen molar-refractivity contribution in [3.63, 3.8) is 0 Å². The molecular weight excluding hydrogens is 412 g/mol. The Labute approximate surface area is 165 Å². The van der Waals surface area contributed by atoms with Crippen LogP contribution in [0.2, 0.25) is 0 Å². The first-order valence-corrected chi connectivity index (χ1v) is 9.99. The number of oxazole rings is 1. The van der Waals surface area contributed by atoms with E-state index < -0.39 is 0 Å². The van der Waals surface area contributed by atoms with E-state index in [0.717, 1.165) is 16.5 Å². The third kappa shape index (κ3) is 5.22. The molecule has 1 amide bonds. The zero-order valence-corrected chi connectivity index (χ0v) is 16.7. The first-order valence-electron chi connectivity index (χ1n) is 8.32. The normalized spacial score (nSPS) is 11.9. The van der Waals surface area contributed by atoms with Gasteiger partial charge in [0, 0.05) is 16.6 Å². The number of halogens is 1. The van der Waals surface area contributed by atoms with Gasteiger partial charge in [-0.05, 0) is 31.0 Å². The van der Waals surface area contributed by atoms with Gasteiger partial charge in [0.05, 0.1) is 11.4 Å². The van der Waals surface area contributed by atoms with Crippen LogP contribution in [0, 0.1) is 0 Å². The van der Waals surface area contributed by atoms with Crippen LogP contribution in [0.4, 0.5) is 0 Å². The van der Waals surface area contributed by atoms with E-state index in [-0.39, 0.29) is 11.2 Å². The van der Waals surface area contributed by atoms with Crippen LogP contribution < -0.4 is 5.32 Å². The molecule has 1 aromatic heterocycles. The first-order chi connectivity index (χ1) is 12.6. The molecular formula is C20H19BrN2O2S. The summed E-state index contributed by atoms with van der Waals surface area (Å²) in [6, 6.07) is 17.9. The van der Waals surface area contributed by atoms with Crippen molar-refractivity contribution >= 4 is 33.6 Å². The summed E-state index contributed by atoms with van der Waals surface area (Å²) >= 11 is 4.76. The molecule has 4 nitrogen and oxygen atoms in total. The highest BCUT2D eigenvalue weighted by atomic mass is 79.9. The quantitative estimate of drug-likeness (QED) is 0.539. The van der Waals surface area contributed by atoms with Gasteiger partial charge in [0.15, 0.2) is 5.76 Å². The van der Waals surface area contributed by atoms with Crippen molar-refractivity contribution < 1.29 is 9.21 Å². The van der Waals surface area contributed by atoms with Gasteiger partial charge in [-0.2, -0.15) is 0 Å². The number of benzene rings is 2. The molecule has 1 heterocycles. The monoisotopic (exact) mass is 430 g/mol. The van der Waals surface area contributed by atoms with Gasteiger partial charge in [-0.1, -0.05) is 70.2 Å². The van der Waals surface area contributed by atoms with Crippen LogP contribution in [0.1, 0.15) is 12.5 Å². The lowest BCUT2D eigenvalue weighted by Crippen LogP contribution is -2.32. The number of hydrogen-bond acceptors (Lipinski definition) is 4. The molecule has 6 heteroatoms. The number of hydrogen-bond donors (Lipinski definition) is 1. The summed E-state index contributed by atoms with van der Waals surface area (Å²) in [5, 5.41) is 3.18. The van der Waals surface area contributed by atoms with E-state index in [1.807, 2.05) is 49.4 Å². The first kappa shape index (κ1) is 18.7. The summed E-state index contributed by atoms with van der Waals surface area (Å²) in [4.78, 5) is 16.5. The third-order valence-electron chi connectivity index (χ3n) is 3.80. The Morgan fingerprint density at radius 3 is 2.81 bits per heavy atom. The van der Waals surface area contributed by atoms with E-state index in [9.17, 15) is 4.79 Å². The molecule has 3 rings (SSSR count). The van der Waals surface area contributed by atoms with Crippen LogP contribution in [0.15, 0.2) is 74.9 Å². The van der Waals surface area contributed by atoms with Crippen LogP contribution in [0.5, 0.6) is 0 Å². The van der Waals surface area contributed by atoms with Gasteiger partial charge in [-0.15, -0.1) is 0 Å². The minimum absolute atomic E-state index is 0.0202. The van der Waals surface area contributed by atoms with Crippen molar-refractivity contribution in [1.29, 1.82) is 0 Å². The van der Waals surface area contributed by atoms with Crippen molar-refractivity contribution in [3.05, 3.63) is 70.8 Å². The Kier molecular flexibility index (Phi) is 6.52. The Balaban J connectivity index is 1.51. The van der Waals surface area contributed by atoms with Gasteiger partial charge < -0.3 is 9.73 Å². The Morgan fingerprint density at radius 1 is 1.23 bits per heavy atom. The summed E-state index contributed by atoms with van der Waals surface area (Å²) in [5.74, 6) is 0.665. The fourth-order valence-electron chi connectivity index (χ4n) is 2.41. The van der Waals surface area contributed by atoms with E-state index >= 15 is 0 Å². The molecule has 0 fully saturated rings. The van der Waals surface area contributed by atoms with Crippen LogP contribution in [0.25, 0.3) is 11.3 Å². The molecule has 0 radical (unpaired) electrons. The standard InChI is InChI=1S/C20H19BrN2O2S/c1-14(19(24)22-11-10-15-6-3-2-4-7-15)26-20-23-13-18(25-20)16-8-5-9-17(21)12-16/h2-9,12-14H,10-11H2,1H3,(H,22,24). The van der Waals surface area contributed by atoms with Crippen LogP contribution in [-0.2, 0) is 11.2 Å². The summed E-state index contributed by atoms with van der Waals surface area (Å²) < 4.78 is 6.75. The van der Waals surface area contributed by atoms with Gasteiger partial charge in [0.2, 0.25) is 5.91 Å². The highest BCUT2D eigenvalue weighted by Gasteiger charge is 2.17. The molecule has 0 saturated carbocycles. The van der Waals surface area contributed by atoms with E-state index in [2.05, 4.69) is 38.4 Å². The maximum atomic E-state index is 12.3. The highest BCUT2D eigenvalue weighted by molar-refractivity contribution is 9.10. The maximum absolute atomic E-state index is 12.3. The number of nitrogens with one attached hydrogen (secondary N) is 1. The summed E-state index contributed by atoms with van der Waals surface area (Å²) in [5.41, 5.74) is 2.15. The average Bonchev–Trinajstić information content (AvgIpc) is 3.11. The largest absolute Gasteiger partial charge is 0.431 e. The van der Waals surface area contributed by atoms with Crippen molar-refractivity contribution in [2.45, 2.75) is 23.8 Å². The van der Waals surface area contributed by atoms with Crippen molar-refractivity contribution in [1.82, 2.24) is 10.3 Å². The van der Waals surface area contributed by atoms with Gasteiger partial charge in [0.1, 0.15) is 0 Å². The number of aromatic nitrogens is 1. The van der Waals surface area contributed by atoms with Crippen molar-refractivity contribution in [2.75, 3.05) is 6.54 Å². The number of amides is 1. The molecule has 1 atom stereocenters. The minimum Gasteiger partial charge on any atom is -0.431 e. The zero-order chi connectivity index (χ0) is 18.4. The average molecular weight is 431 g/mol. The lowest BCUT2D eigenvalue weighted by atomic mass is 10.1. The Hall–Kier alpha value is -2.05. The number of nitrogens with zero attached hydrogens (tertiary/aromatic N) is 1. The van der Waals surface area contributed by atoms with Gasteiger partial charge in [-0.3, -0.25) is 4.79 Å². The van der Waals surface area contributed by atoms with Crippen LogP contribution in [0.3, 0.4) is 0 Å². The molecule has 0 bridgehead atoms. The molecule has 1 N–H and O–H groups in total. The zero-order valence-electron chi connectivity index (χ0n) is 14.3. The topological polar surface area (TPSA) is 55.1 Å². The molecule has 26 heavy (non-hydrogen) atoms. The van der Waals surface area contributed by atoms with Crippen LogP contribution in [-0.4, -0.2) is 22.7 Å². The Morgan fingerprint density at radius 2 is 2.04 bits per heavy atom. The predicted molar refractivity (Wildman–Crippen MR) is 108 cm³/mol. The van der Waals surface area contributed by atoms with E-state index in [1.54, 1.807) is 6.20 Å². The molecule has 0 aliphatic rings. The third-order valence-corrected chi connectivity index (χ3v) is 5.25. The van der Waals surface area contributed by atoms with E-state index in [0.29, 0.717) is 17.5 Å². The molecule has 0 aliphatic carbocycles. The maximum Gasteiger partial charge on any atom is 0.256 e. The fourth-order valence-corrected chi connectivity index (χ4v) is 3.55. The Bertz CT molecular complexity index is 867. The lowest BCUT2D eigenvalue weighted by molar-refractivity contribution is -0.120. The number of rotatable bonds is 7. The smallest absolute Gasteiger partial charge is 0.256 e. The summed E-state index contributed by atoms with van der Waals surface area (Å²) in [7, 11) is 0. The molecule has 1 unspecified atom stereocenters. The molecule has 0 spiro atoms. The van der Waals surface area contributed by atoms with E-state index in [1.165, 1.54) is 17.3 Å². The molecule has 0 saturated heterocycles. The predicted octanol–water partition coefficient (Wildman–Crippen LogP) is 4.94. The molecule has 0 aliphatic heterocycles. The molecule has 2 aromatic carbocycles. The summed E-state index contributed by atoms with van der Waals surface area (Å²) in [6.07, 6.45) is 2.50. The second kappa shape index (κ2) is 9.05. The van der Waals surface area contributed by atoms with Gasteiger partial charge >= 0.3 is 0 Å². The SMILES string of the molecule is CC(Sc1ncc(-c2cccc(Br)c2)o1)C(=O)NCCc1ccccc1. The molecule has 134 valence electrons. The van der Waals surface area contributed by atoms with Crippen LogP contribution >= 0.6 is 27.7 Å². The van der Waals surface area contributed by atoms with E-state index in [4.69, 9.17) is 4.42 Å². The van der Waals surface area contributed by atoms with Gasteiger partial charge in [0.25, 0.3) is 5.22 Å². The number of carbonyl (C=O) groups excluding carboxylic acids is 1. The second-order valence-corrected chi connectivity index (χ2v) is 8.00. The second-order valence-electron chi connectivity index (χ2n) is 5.79. The van der Waals surface area contributed by atoms with Crippen molar-refractivity contribution in [2.24, 2.45) is 0 Å². The number of thioether (sulfide) groups is 1.